The van der Waals surface area contributed by atoms with Gasteiger partial charge < -0.3 is 0 Å². The van der Waals surface area contributed by atoms with Gasteiger partial charge in [0.1, 0.15) is 0 Å². The molecule has 85 valence electrons. The van der Waals surface area contributed by atoms with Gasteiger partial charge in [-0.2, -0.15) is 0 Å². The second-order valence-electron chi connectivity index (χ2n) is 6.14. The van der Waals surface area contributed by atoms with Gasteiger partial charge in [-0.25, -0.2) is 0 Å². The molecule has 14 heavy (non-hydrogen) atoms. The monoisotopic (exact) mass is 197 g/mol. The lowest BCUT2D eigenvalue weighted by atomic mass is 9.87. The Morgan fingerprint density at radius 2 is 1.64 bits per heavy atom. The summed E-state index contributed by atoms with van der Waals surface area (Å²) >= 11 is 0. The van der Waals surface area contributed by atoms with Crippen molar-refractivity contribution in [2.75, 3.05) is 0 Å². The van der Waals surface area contributed by atoms with E-state index in [9.17, 15) is 0 Å². The molecule has 0 saturated carbocycles. The van der Waals surface area contributed by atoms with Crippen molar-refractivity contribution >= 4 is 0 Å². The summed E-state index contributed by atoms with van der Waals surface area (Å²) in [6, 6.07) is 0. The van der Waals surface area contributed by atoms with Gasteiger partial charge in [-0.15, -0.1) is 0 Å². The van der Waals surface area contributed by atoms with E-state index < -0.39 is 0 Å². The van der Waals surface area contributed by atoms with Gasteiger partial charge in [-0.05, 0) is 37.0 Å². The Bertz CT molecular complexity index is 127. The Hall–Kier alpha value is 0. The Morgan fingerprint density at radius 1 is 1.07 bits per heavy atom. The van der Waals surface area contributed by atoms with E-state index in [0.29, 0.717) is 0 Å². The maximum Gasteiger partial charge on any atom is -0.0354 e. The van der Waals surface area contributed by atoms with Crippen LogP contribution in [0.3, 0.4) is 0 Å². The summed E-state index contributed by atoms with van der Waals surface area (Å²) in [4.78, 5) is 0. The first-order chi connectivity index (χ1) is 6.31. The molecule has 0 heterocycles. The van der Waals surface area contributed by atoms with E-state index in [2.05, 4.69) is 41.5 Å². The fourth-order valence-electron chi connectivity index (χ4n) is 2.02. The predicted octanol–water partition coefficient (Wildman–Crippen LogP) is 5.09. The van der Waals surface area contributed by atoms with Crippen molar-refractivity contribution in [2.24, 2.45) is 17.3 Å². The molecule has 1 atom stereocenters. The van der Waals surface area contributed by atoms with E-state index in [-0.39, 0.29) is 5.41 Å². The van der Waals surface area contributed by atoms with E-state index in [4.69, 9.17) is 0 Å². The third kappa shape index (κ3) is 10.1. The Kier molecular flexibility index (Phi) is 6.48. The maximum absolute atomic E-state index is 4.14. The van der Waals surface area contributed by atoms with Gasteiger partial charge in [0.25, 0.3) is 0 Å². The van der Waals surface area contributed by atoms with Crippen LogP contribution in [0.25, 0.3) is 0 Å². The zero-order chi connectivity index (χ0) is 11.2. The van der Waals surface area contributed by atoms with Crippen molar-refractivity contribution in [1.82, 2.24) is 0 Å². The second kappa shape index (κ2) is 6.48. The molecule has 0 aliphatic rings. The molecular formula is C14H29. The fraction of sp³-hybridized carbons (Fsp3) is 0.929. The molecule has 1 unspecified atom stereocenters. The summed E-state index contributed by atoms with van der Waals surface area (Å²) in [6.45, 7) is 15.6. The highest BCUT2D eigenvalue weighted by Crippen LogP contribution is 2.24. The van der Waals surface area contributed by atoms with Gasteiger partial charge in [-0.3, -0.25) is 0 Å². The third-order valence-corrected chi connectivity index (χ3v) is 2.67. The summed E-state index contributed by atoms with van der Waals surface area (Å²) < 4.78 is 0. The first kappa shape index (κ1) is 14.0. The van der Waals surface area contributed by atoms with E-state index >= 15 is 0 Å². The average molecular weight is 197 g/mol. The molecule has 0 aliphatic heterocycles. The van der Waals surface area contributed by atoms with Gasteiger partial charge in [0.2, 0.25) is 0 Å². The molecule has 0 fully saturated rings. The molecule has 0 aromatic rings. The van der Waals surface area contributed by atoms with E-state index in [1.807, 2.05) is 0 Å². The van der Waals surface area contributed by atoms with Crippen LogP contribution in [0.1, 0.15) is 66.7 Å². The van der Waals surface area contributed by atoms with Crippen LogP contribution < -0.4 is 0 Å². The van der Waals surface area contributed by atoms with Gasteiger partial charge >= 0.3 is 0 Å². The van der Waals surface area contributed by atoms with Crippen LogP contribution in [0.4, 0.5) is 0 Å². The molecule has 0 saturated heterocycles. The highest BCUT2D eigenvalue weighted by molar-refractivity contribution is 4.70. The van der Waals surface area contributed by atoms with Gasteiger partial charge in [0, 0.05) is 0 Å². The van der Waals surface area contributed by atoms with Crippen LogP contribution in [0, 0.1) is 24.2 Å². The summed E-state index contributed by atoms with van der Waals surface area (Å²) in [5, 5.41) is 0. The first-order valence-corrected chi connectivity index (χ1v) is 6.16. The smallest absolute Gasteiger partial charge is 0.0354 e. The molecule has 0 N–H and O–H groups in total. The van der Waals surface area contributed by atoms with Crippen molar-refractivity contribution in [3.05, 3.63) is 6.92 Å². The second-order valence-corrected chi connectivity index (χ2v) is 6.14. The molecule has 1 radical (unpaired) electrons. The highest BCUT2D eigenvalue weighted by atomic mass is 14.2. The number of hydrogen-bond donors (Lipinski definition) is 0. The number of hydrogen-bond acceptors (Lipinski definition) is 0. The number of unbranched alkanes of at least 4 members (excludes halogenated alkanes) is 1. The fourth-order valence-corrected chi connectivity index (χ4v) is 2.02. The molecule has 0 aromatic heterocycles. The molecule has 0 bridgehead atoms. The van der Waals surface area contributed by atoms with Crippen LogP contribution in [-0.2, 0) is 0 Å². The summed E-state index contributed by atoms with van der Waals surface area (Å²) in [5.41, 5.74) is 0.279. The Balaban J connectivity index is 3.36. The molecule has 0 nitrogen and oxygen atoms in total. The predicted molar refractivity (Wildman–Crippen MR) is 66.2 cm³/mol. The van der Waals surface area contributed by atoms with Crippen molar-refractivity contribution in [3.63, 3.8) is 0 Å². The quantitative estimate of drug-likeness (QED) is 0.499. The maximum atomic E-state index is 4.14. The molecular weight excluding hydrogens is 168 g/mol. The lowest BCUT2D eigenvalue weighted by molar-refractivity contribution is 0.366. The van der Waals surface area contributed by atoms with Gasteiger partial charge in [0.15, 0.2) is 0 Å². The molecule has 0 amide bonds. The zero-order valence-electron chi connectivity index (χ0n) is 10.9. The lowest BCUT2D eigenvalue weighted by Gasteiger charge is -2.18. The first-order valence-electron chi connectivity index (χ1n) is 6.16. The number of rotatable bonds is 7. The average Bonchev–Trinajstić information content (AvgIpc) is 1.95. The summed E-state index contributed by atoms with van der Waals surface area (Å²) in [7, 11) is 0. The van der Waals surface area contributed by atoms with Gasteiger partial charge in [0.05, 0.1) is 0 Å². The Labute approximate surface area is 91.5 Å². The normalized spacial score (nSPS) is 14.8. The SMILES string of the molecule is [CH2]C(C)(C)CCCCC(C)CC(C)C. The Morgan fingerprint density at radius 3 is 2.07 bits per heavy atom. The molecule has 0 heteroatoms. The van der Waals surface area contributed by atoms with Crippen molar-refractivity contribution in [2.45, 2.75) is 66.7 Å². The molecule has 0 aliphatic carbocycles. The van der Waals surface area contributed by atoms with Crippen LogP contribution in [0.2, 0.25) is 0 Å². The van der Waals surface area contributed by atoms with Crippen LogP contribution >= 0.6 is 0 Å². The largest absolute Gasteiger partial charge is 0.0628 e. The molecule has 0 rings (SSSR count). The zero-order valence-corrected chi connectivity index (χ0v) is 10.9. The summed E-state index contributed by atoms with van der Waals surface area (Å²) in [5.74, 6) is 1.76. The van der Waals surface area contributed by atoms with E-state index in [0.717, 1.165) is 11.8 Å². The highest BCUT2D eigenvalue weighted by Gasteiger charge is 2.10. The van der Waals surface area contributed by atoms with Gasteiger partial charge in [-0.1, -0.05) is 53.9 Å². The topological polar surface area (TPSA) is 0 Å². The minimum atomic E-state index is 0.279. The molecule has 0 aromatic carbocycles. The third-order valence-electron chi connectivity index (χ3n) is 2.67. The van der Waals surface area contributed by atoms with Crippen LogP contribution in [-0.4, -0.2) is 0 Å². The minimum absolute atomic E-state index is 0.279. The minimum Gasteiger partial charge on any atom is -0.0628 e. The summed E-state index contributed by atoms with van der Waals surface area (Å²) in [6.07, 6.45) is 6.77. The van der Waals surface area contributed by atoms with Crippen molar-refractivity contribution in [1.29, 1.82) is 0 Å². The van der Waals surface area contributed by atoms with Crippen LogP contribution in [0.5, 0.6) is 0 Å². The standard InChI is InChI=1S/C14H29/c1-12(2)11-13(3)9-7-8-10-14(4,5)6/h12-13H,4,7-11H2,1-3,5-6H3. The van der Waals surface area contributed by atoms with Crippen molar-refractivity contribution in [3.8, 4) is 0 Å². The van der Waals surface area contributed by atoms with E-state index in [1.54, 1.807) is 0 Å². The van der Waals surface area contributed by atoms with E-state index in [1.165, 1.54) is 32.1 Å². The molecule has 0 spiro atoms. The van der Waals surface area contributed by atoms with Crippen LogP contribution in [0.15, 0.2) is 0 Å². The van der Waals surface area contributed by atoms with Crippen molar-refractivity contribution < 1.29 is 0 Å². The lowest BCUT2D eigenvalue weighted by Crippen LogP contribution is -2.05.